The zero-order valence-corrected chi connectivity index (χ0v) is 17.8. The van der Waals surface area contributed by atoms with Crippen LogP contribution in [0.3, 0.4) is 0 Å². The van der Waals surface area contributed by atoms with Crippen molar-refractivity contribution in [3.63, 3.8) is 0 Å². The smallest absolute Gasteiger partial charge is 0.147 e. The van der Waals surface area contributed by atoms with Gasteiger partial charge < -0.3 is 23.5 Å². The van der Waals surface area contributed by atoms with Crippen molar-refractivity contribution in [3.05, 3.63) is 78.6 Å². The normalized spacial score (nSPS) is 10.8. The second kappa shape index (κ2) is 9.89. The number of para-hydroxylation sites is 2. The fraction of sp³-hybridized carbons (Fsp3) is 0.240. The van der Waals surface area contributed by atoms with Gasteiger partial charge in [0.25, 0.3) is 0 Å². The van der Waals surface area contributed by atoms with E-state index >= 15 is 0 Å². The van der Waals surface area contributed by atoms with Gasteiger partial charge in [-0.3, -0.25) is 0 Å². The summed E-state index contributed by atoms with van der Waals surface area (Å²) in [5.41, 5.74) is 2.06. The molecule has 6 heteroatoms. The van der Waals surface area contributed by atoms with Gasteiger partial charge >= 0.3 is 0 Å². The molecule has 0 saturated carbocycles. The maximum atomic E-state index is 5.98. The Morgan fingerprint density at radius 3 is 1.94 bits per heavy atom. The average Bonchev–Trinajstić information content (AvgIpc) is 3.18. The van der Waals surface area contributed by atoms with Crippen LogP contribution < -0.4 is 18.9 Å². The highest BCUT2D eigenvalue weighted by molar-refractivity contribution is 5.75. The van der Waals surface area contributed by atoms with Crippen LogP contribution in [0.5, 0.6) is 23.0 Å². The minimum Gasteiger partial charge on any atom is -0.497 e. The maximum Gasteiger partial charge on any atom is 0.147 e. The lowest BCUT2D eigenvalue weighted by atomic mass is 10.3. The lowest BCUT2D eigenvalue weighted by molar-refractivity contribution is 0.280. The van der Waals surface area contributed by atoms with Gasteiger partial charge in [0, 0.05) is 6.54 Å². The summed E-state index contributed by atoms with van der Waals surface area (Å²) in [7, 11) is 3.30. The number of nitrogens with zero attached hydrogens (tertiary/aromatic N) is 2. The van der Waals surface area contributed by atoms with Gasteiger partial charge in [0.15, 0.2) is 0 Å². The van der Waals surface area contributed by atoms with Crippen LogP contribution in [0, 0.1) is 0 Å². The molecule has 0 aliphatic carbocycles. The van der Waals surface area contributed by atoms with Crippen LogP contribution in [0.25, 0.3) is 11.0 Å². The van der Waals surface area contributed by atoms with Crippen molar-refractivity contribution in [2.75, 3.05) is 20.8 Å². The zero-order valence-electron chi connectivity index (χ0n) is 17.8. The molecule has 0 spiro atoms. The zero-order chi connectivity index (χ0) is 21.5. The molecule has 0 aliphatic heterocycles. The Bertz CT molecular complexity index is 1100. The predicted octanol–water partition coefficient (Wildman–Crippen LogP) is 5.10. The Hall–Kier alpha value is -3.67. The first-order valence-corrected chi connectivity index (χ1v) is 10.2. The second-order valence-electron chi connectivity index (χ2n) is 7.01. The lowest BCUT2D eigenvalue weighted by Crippen LogP contribution is -2.10. The van der Waals surface area contributed by atoms with Crippen LogP contribution in [0.2, 0.25) is 0 Å². The molecule has 0 radical (unpaired) electrons. The first kappa shape index (κ1) is 20.6. The number of hydrogen-bond donors (Lipinski definition) is 0. The van der Waals surface area contributed by atoms with Crippen molar-refractivity contribution in [2.45, 2.75) is 19.6 Å². The van der Waals surface area contributed by atoms with E-state index in [1.807, 2.05) is 66.7 Å². The predicted molar refractivity (Wildman–Crippen MR) is 120 cm³/mol. The third kappa shape index (κ3) is 5.09. The quantitative estimate of drug-likeness (QED) is 0.335. The van der Waals surface area contributed by atoms with Gasteiger partial charge in [-0.2, -0.15) is 0 Å². The lowest BCUT2D eigenvalue weighted by Gasteiger charge is -2.12. The molecule has 1 heterocycles. The molecule has 4 aromatic rings. The molecule has 0 amide bonds. The highest BCUT2D eigenvalue weighted by atomic mass is 16.5. The van der Waals surface area contributed by atoms with Crippen molar-refractivity contribution in [3.8, 4) is 23.0 Å². The first-order chi connectivity index (χ1) is 15.3. The molecule has 6 nitrogen and oxygen atoms in total. The number of rotatable bonds is 10. The Morgan fingerprint density at radius 2 is 1.29 bits per heavy atom. The van der Waals surface area contributed by atoms with Crippen LogP contribution in [0.1, 0.15) is 12.2 Å². The molecule has 0 atom stereocenters. The van der Waals surface area contributed by atoms with Crippen LogP contribution in [-0.2, 0) is 13.2 Å². The highest BCUT2D eigenvalue weighted by Gasteiger charge is 2.11. The number of ether oxygens (including phenoxy) is 4. The SMILES string of the molecule is COc1ccc(OCCCn2c(COc3ccc(OC)cc3)nc3ccccc32)cc1. The largest absolute Gasteiger partial charge is 0.497 e. The van der Waals surface area contributed by atoms with E-state index in [9.17, 15) is 0 Å². The van der Waals surface area contributed by atoms with Crippen LogP contribution in [0.4, 0.5) is 0 Å². The molecule has 0 unspecified atom stereocenters. The second-order valence-corrected chi connectivity index (χ2v) is 7.01. The molecule has 0 fully saturated rings. The summed E-state index contributed by atoms with van der Waals surface area (Å²) in [5.74, 6) is 4.12. The number of aryl methyl sites for hydroxylation is 1. The fourth-order valence-corrected chi connectivity index (χ4v) is 3.39. The summed E-state index contributed by atoms with van der Waals surface area (Å²) in [6, 6.07) is 23.3. The number of methoxy groups -OCH3 is 2. The number of aromatic nitrogens is 2. The van der Waals surface area contributed by atoms with E-state index in [0.29, 0.717) is 13.2 Å². The fourth-order valence-electron chi connectivity index (χ4n) is 3.39. The molecular weight excluding hydrogens is 392 g/mol. The van der Waals surface area contributed by atoms with Crippen molar-refractivity contribution >= 4 is 11.0 Å². The average molecular weight is 418 g/mol. The third-order valence-electron chi connectivity index (χ3n) is 5.02. The van der Waals surface area contributed by atoms with E-state index in [4.69, 9.17) is 23.9 Å². The van der Waals surface area contributed by atoms with Gasteiger partial charge in [0.1, 0.15) is 35.4 Å². The van der Waals surface area contributed by atoms with Crippen molar-refractivity contribution in [2.24, 2.45) is 0 Å². The molecular formula is C25H26N2O4. The Labute approximate surface area is 182 Å². The molecule has 0 saturated heterocycles. The van der Waals surface area contributed by atoms with Crippen LogP contribution >= 0.6 is 0 Å². The van der Waals surface area contributed by atoms with Gasteiger partial charge in [-0.25, -0.2) is 4.98 Å². The maximum absolute atomic E-state index is 5.98. The van der Waals surface area contributed by atoms with Crippen LogP contribution in [0.15, 0.2) is 72.8 Å². The van der Waals surface area contributed by atoms with E-state index < -0.39 is 0 Å². The van der Waals surface area contributed by atoms with Gasteiger partial charge in [0.2, 0.25) is 0 Å². The number of imidazole rings is 1. The van der Waals surface area contributed by atoms with Gasteiger partial charge in [0.05, 0.1) is 31.9 Å². The minimum atomic E-state index is 0.389. The van der Waals surface area contributed by atoms with E-state index in [2.05, 4.69) is 10.6 Å². The van der Waals surface area contributed by atoms with Gasteiger partial charge in [-0.1, -0.05) is 12.1 Å². The molecule has 3 aromatic carbocycles. The Balaban J connectivity index is 1.40. The van der Waals surface area contributed by atoms with E-state index in [0.717, 1.165) is 52.8 Å². The summed E-state index contributed by atoms with van der Waals surface area (Å²) in [5, 5.41) is 0. The molecule has 31 heavy (non-hydrogen) atoms. The minimum absolute atomic E-state index is 0.389. The Morgan fingerprint density at radius 1 is 0.710 bits per heavy atom. The molecule has 1 aromatic heterocycles. The summed E-state index contributed by atoms with van der Waals surface area (Å²) in [6.45, 7) is 1.79. The molecule has 0 N–H and O–H groups in total. The Kier molecular flexibility index (Phi) is 6.57. The number of benzene rings is 3. The van der Waals surface area contributed by atoms with Crippen molar-refractivity contribution in [1.82, 2.24) is 9.55 Å². The summed E-state index contributed by atoms with van der Waals surface area (Å²) < 4.78 is 24.4. The van der Waals surface area contributed by atoms with Gasteiger partial charge in [-0.15, -0.1) is 0 Å². The standard InChI is InChI=1S/C25H26N2O4/c1-28-19-8-12-21(13-9-19)30-17-5-16-27-24-7-4-3-6-23(24)26-25(27)18-31-22-14-10-20(29-2)11-15-22/h3-4,6-15H,5,16-18H2,1-2H3. The summed E-state index contributed by atoms with van der Waals surface area (Å²) in [6.07, 6.45) is 0.849. The molecule has 160 valence electrons. The van der Waals surface area contributed by atoms with E-state index in [1.54, 1.807) is 14.2 Å². The van der Waals surface area contributed by atoms with Crippen molar-refractivity contribution in [1.29, 1.82) is 0 Å². The summed E-state index contributed by atoms with van der Waals surface area (Å²) >= 11 is 0. The monoisotopic (exact) mass is 418 g/mol. The highest BCUT2D eigenvalue weighted by Crippen LogP contribution is 2.21. The number of hydrogen-bond acceptors (Lipinski definition) is 5. The summed E-state index contributed by atoms with van der Waals surface area (Å²) in [4.78, 5) is 4.78. The van der Waals surface area contributed by atoms with Crippen molar-refractivity contribution < 1.29 is 18.9 Å². The van der Waals surface area contributed by atoms with Crippen LogP contribution in [-0.4, -0.2) is 30.4 Å². The molecule has 0 aliphatic rings. The van der Waals surface area contributed by atoms with E-state index in [1.165, 1.54) is 0 Å². The number of fused-ring (bicyclic) bond motifs is 1. The van der Waals surface area contributed by atoms with Gasteiger partial charge in [-0.05, 0) is 67.1 Å². The van der Waals surface area contributed by atoms with E-state index in [-0.39, 0.29) is 0 Å². The molecule has 4 rings (SSSR count). The molecule has 0 bridgehead atoms. The third-order valence-corrected chi connectivity index (χ3v) is 5.02. The topological polar surface area (TPSA) is 54.7 Å². The first-order valence-electron chi connectivity index (χ1n) is 10.2.